The predicted octanol–water partition coefficient (Wildman–Crippen LogP) is 4.14. The van der Waals surface area contributed by atoms with Crippen molar-refractivity contribution in [3.63, 3.8) is 0 Å². The van der Waals surface area contributed by atoms with Gasteiger partial charge < -0.3 is 5.11 Å². The molecule has 94 valence electrons. The summed E-state index contributed by atoms with van der Waals surface area (Å²) >= 11 is 0. The van der Waals surface area contributed by atoms with E-state index in [1.807, 2.05) is 12.1 Å². The summed E-state index contributed by atoms with van der Waals surface area (Å²) in [5, 5.41) is 9.24. The van der Waals surface area contributed by atoms with Crippen LogP contribution in [0.15, 0.2) is 48.5 Å². The Morgan fingerprint density at radius 1 is 0.944 bits per heavy atom. The van der Waals surface area contributed by atoms with E-state index in [1.165, 1.54) is 16.7 Å². The van der Waals surface area contributed by atoms with Crippen molar-refractivity contribution in [2.45, 2.75) is 32.8 Å². The number of aliphatic hydroxyl groups excluding tert-OH is 1. The third-order valence-electron chi connectivity index (χ3n) is 3.16. The van der Waals surface area contributed by atoms with Crippen molar-refractivity contribution in [3.05, 3.63) is 59.7 Å². The van der Waals surface area contributed by atoms with Gasteiger partial charge in [0.1, 0.15) is 0 Å². The van der Waals surface area contributed by atoms with Gasteiger partial charge in [-0.3, -0.25) is 0 Å². The number of aliphatic hydroxyl groups is 1. The highest BCUT2D eigenvalue weighted by Crippen LogP contribution is 2.33. The van der Waals surface area contributed by atoms with Crippen molar-refractivity contribution in [1.82, 2.24) is 0 Å². The average Bonchev–Trinajstić information content (AvgIpc) is 2.38. The van der Waals surface area contributed by atoms with Crippen molar-refractivity contribution < 1.29 is 5.11 Å². The number of hydrogen-bond donors (Lipinski definition) is 1. The predicted molar refractivity (Wildman–Crippen MR) is 76.5 cm³/mol. The lowest BCUT2D eigenvalue weighted by Crippen LogP contribution is -2.12. The molecule has 0 saturated carbocycles. The van der Waals surface area contributed by atoms with Gasteiger partial charge in [-0.1, -0.05) is 63.2 Å². The topological polar surface area (TPSA) is 20.2 Å². The Kier molecular flexibility index (Phi) is 3.53. The molecular weight excluding hydrogens is 220 g/mol. The van der Waals surface area contributed by atoms with Crippen molar-refractivity contribution in [2.24, 2.45) is 0 Å². The molecule has 1 N–H and O–H groups in total. The molecule has 1 heteroatoms. The average molecular weight is 240 g/mol. The van der Waals surface area contributed by atoms with Gasteiger partial charge >= 0.3 is 0 Å². The first-order valence-electron chi connectivity index (χ1n) is 6.32. The fourth-order valence-electron chi connectivity index (χ4n) is 2.23. The summed E-state index contributed by atoms with van der Waals surface area (Å²) in [6, 6.07) is 16.6. The van der Waals surface area contributed by atoms with Crippen LogP contribution in [0.2, 0.25) is 0 Å². The van der Waals surface area contributed by atoms with Crippen LogP contribution in [-0.2, 0) is 12.0 Å². The van der Waals surface area contributed by atoms with E-state index >= 15 is 0 Å². The van der Waals surface area contributed by atoms with Crippen LogP contribution in [0.4, 0.5) is 0 Å². The Morgan fingerprint density at radius 2 is 1.67 bits per heavy atom. The smallest absolute Gasteiger partial charge is 0.0682 e. The molecule has 0 heterocycles. The van der Waals surface area contributed by atoms with Gasteiger partial charge in [0, 0.05) is 0 Å². The molecule has 0 bridgehead atoms. The minimum Gasteiger partial charge on any atom is -0.392 e. The molecule has 0 amide bonds. The summed E-state index contributed by atoms with van der Waals surface area (Å²) in [4.78, 5) is 0. The summed E-state index contributed by atoms with van der Waals surface area (Å²) in [6.07, 6.45) is 0. The second kappa shape index (κ2) is 4.95. The minimum absolute atomic E-state index is 0.0888. The maximum atomic E-state index is 9.24. The fraction of sp³-hybridized carbons (Fsp3) is 0.294. The molecule has 1 nitrogen and oxygen atoms in total. The quantitative estimate of drug-likeness (QED) is 0.836. The van der Waals surface area contributed by atoms with Gasteiger partial charge in [-0.25, -0.2) is 0 Å². The van der Waals surface area contributed by atoms with E-state index in [9.17, 15) is 5.11 Å². The van der Waals surface area contributed by atoms with Crippen molar-refractivity contribution in [3.8, 4) is 11.1 Å². The third kappa shape index (κ3) is 2.62. The second-order valence-corrected chi connectivity index (χ2v) is 5.65. The van der Waals surface area contributed by atoms with Gasteiger partial charge in [0.25, 0.3) is 0 Å². The first kappa shape index (κ1) is 12.8. The molecule has 0 radical (unpaired) electrons. The Labute approximate surface area is 109 Å². The molecule has 2 aromatic rings. The van der Waals surface area contributed by atoms with Crippen molar-refractivity contribution in [2.75, 3.05) is 0 Å². The maximum absolute atomic E-state index is 9.24. The molecule has 0 fully saturated rings. The van der Waals surface area contributed by atoms with Crippen LogP contribution >= 0.6 is 0 Å². The van der Waals surface area contributed by atoms with Gasteiger partial charge in [0.15, 0.2) is 0 Å². The zero-order valence-electron chi connectivity index (χ0n) is 11.3. The fourth-order valence-corrected chi connectivity index (χ4v) is 2.23. The van der Waals surface area contributed by atoms with Gasteiger partial charge in [-0.2, -0.15) is 0 Å². The molecule has 0 aliphatic rings. The van der Waals surface area contributed by atoms with Crippen LogP contribution in [0.25, 0.3) is 11.1 Å². The highest BCUT2D eigenvalue weighted by molar-refractivity contribution is 5.69. The second-order valence-electron chi connectivity index (χ2n) is 5.65. The van der Waals surface area contributed by atoms with Crippen molar-refractivity contribution >= 4 is 0 Å². The molecule has 0 atom stereocenters. The summed E-state index contributed by atoms with van der Waals surface area (Å²) in [5.74, 6) is 0. The highest BCUT2D eigenvalue weighted by atomic mass is 16.3. The van der Waals surface area contributed by atoms with Crippen molar-refractivity contribution in [1.29, 1.82) is 0 Å². The number of rotatable bonds is 2. The highest BCUT2D eigenvalue weighted by Gasteiger charge is 2.17. The molecule has 2 rings (SSSR count). The number of hydrogen-bond acceptors (Lipinski definition) is 1. The number of benzene rings is 2. The molecule has 0 unspecified atom stereocenters. The van der Waals surface area contributed by atoms with E-state index in [4.69, 9.17) is 0 Å². The molecule has 0 aliphatic heterocycles. The molecule has 0 aromatic heterocycles. The van der Waals surface area contributed by atoms with E-state index < -0.39 is 0 Å². The zero-order chi connectivity index (χ0) is 13.2. The van der Waals surface area contributed by atoms with Crippen LogP contribution in [0, 0.1) is 0 Å². The first-order chi connectivity index (χ1) is 8.52. The van der Waals surface area contributed by atoms with Gasteiger partial charge in [-0.15, -0.1) is 0 Å². The van der Waals surface area contributed by atoms with Crippen LogP contribution in [0.5, 0.6) is 0 Å². The Morgan fingerprint density at radius 3 is 2.33 bits per heavy atom. The lowest BCUT2D eigenvalue weighted by atomic mass is 9.82. The molecular formula is C17H20O. The van der Waals surface area contributed by atoms with E-state index in [2.05, 4.69) is 57.2 Å². The Balaban J connectivity index is 2.57. The summed E-state index contributed by atoms with van der Waals surface area (Å²) in [6.45, 7) is 6.76. The normalized spacial score (nSPS) is 11.6. The summed E-state index contributed by atoms with van der Waals surface area (Å²) < 4.78 is 0. The van der Waals surface area contributed by atoms with E-state index in [0.717, 1.165) is 5.56 Å². The molecule has 0 aliphatic carbocycles. The third-order valence-corrected chi connectivity index (χ3v) is 3.16. The van der Waals surface area contributed by atoms with E-state index in [0.29, 0.717) is 0 Å². The van der Waals surface area contributed by atoms with Gasteiger partial charge in [0.05, 0.1) is 6.61 Å². The Hall–Kier alpha value is -1.60. The molecule has 0 spiro atoms. The Bertz CT molecular complexity index is 535. The largest absolute Gasteiger partial charge is 0.392 e. The lowest BCUT2D eigenvalue weighted by Gasteiger charge is -2.23. The monoisotopic (exact) mass is 240 g/mol. The van der Waals surface area contributed by atoms with Crippen LogP contribution in [-0.4, -0.2) is 5.11 Å². The van der Waals surface area contributed by atoms with Gasteiger partial charge in [0.2, 0.25) is 0 Å². The zero-order valence-corrected chi connectivity index (χ0v) is 11.3. The molecule has 2 aromatic carbocycles. The SMILES string of the molecule is CC(C)(C)c1ccccc1-c1cccc(CO)c1. The van der Waals surface area contributed by atoms with Crippen LogP contribution in [0.1, 0.15) is 31.9 Å². The first-order valence-corrected chi connectivity index (χ1v) is 6.32. The van der Waals surface area contributed by atoms with Crippen LogP contribution < -0.4 is 0 Å². The standard InChI is InChI=1S/C17H20O/c1-17(2,3)16-10-5-4-9-15(16)14-8-6-7-13(11-14)12-18/h4-11,18H,12H2,1-3H3. The van der Waals surface area contributed by atoms with Crippen LogP contribution in [0.3, 0.4) is 0 Å². The van der Waals surface area contributed by atoms with E-state index in [1.54, 1.807) is 0 Å². The molecule has 0 saturated heterocycles. The lowest BCUT2D eigenvalue weighted by molar-refractivity contribution is 0.282. The van der Waals surface area contributed by atoms with E-state index in [-0.39, 0.29) is 12.0 Å². The summed E-state index contributed by atoms with van der Waals surface area (Å²) in [7, 11) is 0. The van der Waals surface area contributed by atoms with Gasteiger partial charge in [-0.05, 0) is 33.7 Å². The maximum Gasteiger partial charge on any atom is 0.0682 e. The minimum atomic E-state index is 0.0888. The molecule has 18 heavy (non-hydrogen) atoms. The summed E-state index contributed by atoms with van der Waals surface area (Å²) in [5.41, 5.74) is 4.83.